The summed E-state index contributed by atoms with van der Waals surface area (Å²) in [7, 11) is 1.61. The van der Waals surface area contributed by atoms with E-state index in [2.05, 4.69) is 10.2 Å². The Labute approximate surface area is 187 Å². The Morgan fingerprint density at radius 2 is 1.87 bits per heavy atom. The number of amides is 1. The number of esters is 1. The van der Waals surface area contributed by atoms with Crippen molar-refractivity contribution in [3.63, 3.8) is 0 Å². The molecular formula is C23H30N2O5S. The average molecular weight is 447 g/mol. The lowest BCUT2D eigenvalue weighted by atomic mass is 10.0. The van der Waals surface area contributed by atoms with Gasteiger partial charge in [-0.25, -0.2) is 4.79 Å². The summed E-state index contributed by atoms with van der Waals surface area (Å²) in [6.07, 6.45) is 0.662. The van der Waals surface area contributed by atoms with Crippen molar-refractivity contribution in [3.05, 3.63) is 35.2 Å². The maximum Gasteiger partial charge on any atom is 0.341 e. The number of nitrogens with one attached hydrogen (secondary N) is 1. The van der Waals surface area contributed by atoms with Crippen molar-refractivity contribution in [1.82, 2.24) is 4.90 Å². The highest BCUT2D eigenvalue weighted by atomic mass is 32.1. The SMILES string of the molecule is CCOC(=O)c1c(-c2ccc(OC)cc2)csc1NC(=O)CCN1C[C@@H](C)O[C@@H](C)C1. The first-order valence-electron chi connectivity index (χ1n) is 10.5. The summed E-state index contributed by atoms with van der Waals surface area (Å²) in [6, 6.07) is 7.45. The Kier molecular flexibility index (Phi) is 8.06. The van der Waals surface area contributed by atoms with Gasteiger partial charge in [-0.15, -0.1) is 11.3 Å². The van der Waals surface area contributed by atoms with Crippen LogP contribution in [-0.4, -0.2) is 62.3 Å². The second-order valence-corrected chi connectivity index (χ2v) is 8.50. The summed E-state index contributed by atoms with van der Waals surface area (Å²) in [5, 5.41) is 5.30. The molecule has 1 fully saturated rings. The van der Waals surface area contributed by atoms with Gasteiger partial charge in [-0.2, -0.15) is 0 Å². The average Bonchev–Trinajstić information content (AvgIpc) is 3.15. The number of hydrogen-bond donors (Lipinski definition) is 1. The van der Waals surface area contributed by atoms with Crippen molar-refractivity contribution in [2.45, 2.75) is 39.4 Å². The lowest BCUT2D eigenvalue weighted by molar-refractivity contribution is -0.117. The summed E-state index contributed by atoms with van der Waals surface area (Å²) in [5.41, 5.74) is 1.98. The molecule has 1 aromatic carbocycles. The van der Waals surface area contributed by atoms with E-state index < -0.39 is 5.97 Å². The molecular weight excluding hydrogens is 416 g/mol. The van der Waals surface area contributed by atoms with E-state index in [9.17, 15) is 9.59 Å². The standard InChI is InChI=1S/C23H30N2O5S/c1-5-29-23(27)21-19(17-6-8-18(28-4)9-7-17)14-31-22(21)24-20(26)10-11-25-12-15(2)30-16(3)13-25/h6-9,14-16H,5,10-13H2,1-4H3,(H,24,26)/t15-,16+. The minimum atomic E-state index is -0.444. The van der Waals surface area contributed by atoms with E-state index in [1.165, 1.54) is 11.3 Å². The van der Waals surface area contributed by atoms with Crippen molar-refractivity contribution >= 4 is 28.2 Å². The topological polar surface area (TPSA) is 77.1 Å². The van der Waals surface area contributed by atoms with E-state index in [-0.39, 0.29) is 24.7 Å². The van der Waals surface area contributed by atoms with E-state index in [0.717, 1.165) is 30.0 Å². The maximum absolute atomic E-state index is 12.7. The molecule has 1 N–H and O–H groups in total. The summed E-state index contributed by atoms with van der Waals surface area (Å²) >= 11 is 1.33. The highest BCUT2D eigenvalue weighted by molar-refractivity contribution is 7.15. The van der Waals surface area contributed by atoms with E-state index in [1.54, 1.807) is 14.0 Å². The number of hydrogen-bond acceptors (Lipinski definition) is 7. The smallest absolute Gasteiger partial charge is 0.341 e. The van der Waals surface area contributed by atoms with Gasteiger partial charge in [-0.3, -0.25) is 9.69 Å². The number of thiophene rings is 1. The third kappa shape index (κ3) is 6.06. The lowest BCUT2D eigenvalue weighted by Gasteiger charge is -2.35. The fraction of sp³-hybridized carbons (Fsp3) is 0.478. The minimum Gasteiger partial charge on any atom is -0.497 e. The second kappa shape index (κ2) is 10.7. The van der Waals surface area contributed by atoms with Gasteiger partial charge in [-0.1, -0.05) is 12.1 Å². The van der Waals surface area contributed by atoms with E-state index in [1.807, 2.05) is 43.5 Å². The van der Waals surface area contributed by atoms with Gasteiger partial charge in [0.25, 0.3) is 0 Å². The molecule has 0 bridgehead atoms. The van der Waals surface area contributed by atoms with Gasteiger partial charge in [0, 0.05) is 37.0 Å². The van der Waals surface area contributed by atoms with Crippen LogP contribution in [0.15, 0.2) is 29.6 Å². The minimum absolute atomic E-state index is 0.125. The van der Waals surface area contributed by atoms with Gasteiger partial charge >= 0.3 is 5.97 Å². The number of methoxy groups -OCH3 is 1. The van der Waals surface area contributed by atoms with Crippen molar-refractivity contribution < 1.29 is 23.8 Å². The Morgan fingerprint density at radius 1 is 1.19 bits per heavy atom. The fourth-order valence-electron chi connectivity index (χ4n) is 3.75. The Bertz CT molecular complexity index is 886. The van der Waals surface area contributed by atoms with Gasteiger partial charge in [0.05, 0.1) is 25.9 Å². The predicted molar refractivity (Wildman–Crippen MR) is 122 cm³/mol. The van der Waals surface area contributed by atoms with Crippen LogP contribution in [0.4, 0.5) is 5.00 Å². The fourth-order valence-corrected chi connectivity index (χ4v) is 4.73. The number of ether oxygens (including phenoxy) is 3. The van der Waals surface area contributed by atoms with E-state index in [0.29, 0.717) is 23.5 Å². The van der Waals surface area contributed by atoms with Gasteiger partial charge in [0.1, 0.15) is 16.3 Å². The first-order valence-corrected chi connectivity index (χ1v) is 11.4. The molecule has 0 saturated carbocycles. The molecule has 1 saturated heterocycles. The molecule has 0 spiro atoms. The van der Waals surface area contributed by atoms with E-state index >= 15 is 0 Å². The number of carbonyl (C=O) groups excluding carboxylic acids is 2. The van der Waals surface area contributed by atoms with Crippen LogP contribution in [0.3, 0.4) is 0 Å². The van der Waals surface area contributed by atoms with Crippen LogP contribution in [-0.2, 0) is 14.3 Å². The molecule has 168 valence electrons. The molecule has 3 rings (SSSR count). The van der Waals surface area contributed by atoms with Crippen LogP contribution in [0.1, 0.15) is 37.6 Å². The van der Waals surface area contributed by atoms with Crippen LogP contribution >= 0.6 is 11.3 Å². The van der Waals surface area contributed by atoms with Gasteiger partial charge in [0.2, 0.25) is 5.91 Å². The Balaban J connectivity index is 1.73. The maximum atomic E-state index is 12.7. The molecule has 2 aromatic rings. The second-order valence-electron chi connectivity index (χ2n) is 7.62. The zero-order valence-corrected chi connectivity index (χ0v) is 19.3. The zero-order chi connectivity index (χ0) is 22.4. The van der Waals surface area contributed by atoms with Crippen LogP contribution in [0.5, 0.6) is 5.75 Å². The predicted octanol–water partition coefficient (Wildman–Crippen LogP) is 4.04. The molecule has 1 aliphatic rings. The molecule has 0 unspecified atom stereocenters. The van der Waals surface area contributed by atoms with Crippen molar-refractivity contribution in [3.8, 4) is 16.9 Å². The highest BCUT2D eigenvalue weighted by Crippen LogP contribution is 2.37. The van der Waals surface area contributed by atoms with Gasteiger partial charge < -0.3 is 19.5 Å². The molecule has 8 heteroatoms. The quantitative estimate of drug-likeness (QED) is 0.617. The third-order valence-electron chi connectivity index (χ3n) is 5.07. The number of anilines is 1. The summed E-state index contributed by atoms with van der Waals surface area (Å²) in [5.74, 6) is 0.165. The molecule has 1 aliphatic heterocycles. The molecule has 2 atom stereocenters. The molecule has 7 nitrogen and oxygen atoms in total. The van der Waals surface area contributed by atoms with Crippen LogP contribution in [0.25, 0.3) is 11.1 Å². The number of rotatable bonds is 8. The Morgan fingerprint density at radius 3 is 2.48 bits per heavy atom. The zero-order valence-electron chi connectivity index (χ0n) is 18.5. The molecule has 2 heterocycles. The Hall–Kier alpha value is -2.42. The van der Waals surface area contributed by atoms with Crippen LogP contribution in [0, 0.1) is 0 Å². The lowest BCUT2D eigenvalue weighted by Crippen LogP contribution is -2.46. The summed E-state index contributed by atoms with van der Waals surface area (Å²) < 4.78 is 16.2. The van der Waals surface area contributed by atoms with Gasteiger partial charge in [-0.05, 0) is 38.5 Å². The van der Waals surface area contributed by atoms with Crippen molar-refractivity contribution in [2.75, 3.05) is 38.7 Å². The molecule has 0 radical (unpaired) electrons. The summed E-state index contributed by atoms with van der Waals surface area (Å²) in [6.45, 7) is 8.38. The first kappa shape index (κ1) is 23.2. The molecule has 1 aromatic heterocycles. The van der Waals surface area contributed by atoms with Crippen LogP contribution in [0.2, 0.25) is 0 Å². The van der Waals surface area contributed by atoms with Crippen molar-refractivity contribution in [2.24, 2.45) is 0 Å². The normalized spacial score (nSPS) is 19.1. The highest BCUT2D eigenvalue weighted by Gasteiger charge is 2.25. The first-order chi connectivity index (χ1) is 14.9. The monoisotopic (exact) mass is 446 g/mol. The van der Waals surface area contributed by atoms with Crippen LogP contribution < -0.4 is 10.1 Å². The largest absolute Gasteiger partial charge is 0.497 e. The van der Waals surface area contributed by atoms with Crippen molar-refractivity contribution in [1.29, 1.82) is 0 Å². The van der Waals surface area contributed by atoms with E-state index in [4.69, 9.17) is 14.2 Å². The summed E-state index contributed by atoms with van der Waals surface area (Å²) in [4.78, 5) is 27.6. The molecule has 1 amide bonds. The molecule has 0 aliphatic carbocycles. The third-order valence-corrected chi connectivity index (χ3v) is 5.97. The number of morpholine rings is 1. The number of nitrogens with zero attached hydrogens (tertiary/aromatic N) is 1. The molecule has 31 heavy (non-hydrogen) atoms. The number of benzene rings is 1. The number of carbonyl (C=O) groups is 2. The van der Waals surface area contributed by atoms with Gasteiger partial charge in [0.15, 0.2) is 0 Å².